The van der Waals surface area contributed by atoms with Gasteiger partial charge < -0.3 is 25.7 Å². The molecule has 2 aromatic rings. The molecule has 0 spiro atoms. The van der Waals surface area contributed by atoms with E-state index in [0.717, 1.165) is 77.0 Å². The van der Waals surface area contributed by atoms with Gasteiger partial charge in [0, 0.05) is 6.54 Å². The maximum atomic E-state index is 14.3. The van der Waals surface area contributed by atoms with E-state index in [1.807, 2.05) is 24.3 Å². The average molecular weight is 566 g/mol. The number of amides is 3. The Hall–Kier alpha value is -3.43. The number of benzene rings is 1. The number of nitrogens with one attached hydrogen (secondary N) is 2. The largest absolute Gasteiger partial charge is 0.424 e. The Bertz CT molecular complexity index is 1200. The number of oxazole rings is 1. The Balaban J connectivity index is 1.35. The highest BCUT2D eigenvalue weighted by atomic mass is 16.4. The van der Waals surface area contributed by atoms with Gasteiger partial charge in [0.15, 0.2) is 5.58 Å². The number of aromatic nitrogens is 1. The van der Waals surface area contributed by atoms with E-state index in [9.17, 15) is 19.2 Å². The van der Waals surface area contributed by atoms with E-state index in [2.05, 4.69) is 15.6 Å². The quantitative estimate of drug-likeness (QED) is 0.312. The molecule has 41 heavy (non-hydrogen) atoms. The summed E-state index contributed by atoms with van der Waals surface area (Å²) in [4.78, 5) is 58.2. The van der Waals surface area contributed by atoms with Crippen LogP contribution in [-0.2, 0) is 19.2 Å². The van der Waals surface area contributed by atoms with Gasteiger partial charge in [0.25, 0.3) is 11.9 Å². The number of hydrogen-bond acceptors (Lipinski definition) is 7. The Labute approximate surface area is 241 Å². The maximum absolute atomic E-state index is 14.3. The number of nitrogens with zero attached hydrogens (tertiary/aromatic N) is 2. The molecule has 4 N–H and O–H groups in total. The summed E-state index contributed by atoms with van der Waals surface area (Å²) in [5, 5.41) is 6.07. The van der Waals surface area contributed by atoms with Crippen LogP contribution in [-0.4, -0.2) is 58.6 Å². The Kier molecular flexibility index (Phi) is 9.57. The molecule has 1 heterocycles. The van der Waals surface area contributed by atoms with Gasteiger partial charge in [-0.15, -0.1) is 0 Å². The fraction of sp³-hybridized carbons (Fsp3) is 0.645. The highest BCUT2D eigenvalue weighted by molar-refractivity contribution is 6.37. The fourth-order valence-corrected chi connectivity index (χ4v) is 6.73. The number of anilines is 1. The second-order valence-electron chi connectivity index (χ2n) is 12.3. The molecule has 10 nitrogen and oxygen atoms in total. The van der Waals surface area contributed by atoms with E-state index < -0.39 is 29.7 Å². The van der Waals surface area contributed by atoms with Crippen LogP contribution in [0.25, 0.3) is 11.1 Å². The SMILES string of the molecule is NC(=O)C(=O)C(CC1CCC1)NC(=O)CN(CC1CCCC1)C(=O)[C@@H](Nc1nc2ccccc2o1)C1CCCCC1. The van der Waals surface area contributed by atoms with E-state index >= 15 is 0 Å². The van der Waals surface area contributed by atoms with Crippen LogP contribution in [0.5, 0.6) is 0 Å². The molecule has 1 aromatic heterocycles. The van der Waals surface area contributed by atoms with Gasteiger partial charge in [-0.2, -0.15) is 4.98 Å². The van der Waals surface area contributed by atoms with Crippen LogP contribution < -0.4 is 16.4 Å². The van der Waals surface area contributed by atoms with Crippen LogP contribution in [0.2, 0.25) is 0 Å². The lowest BCUT2D eigenvalue weighted by Crippen LogP contribution is -2.54. The molecule has 3 saturated carbocycles. The molecule has 3 aliphatic rings. The number of ketones is 1. The average Bonchev–Trinajstić information content (AvgIpc) is 3.61. The highest BCUT2D eigenvalue weighted by Crippen LogP contribution is 2.32. The standard InChI is InChI=1S/C31H43N5O5/c32-29(39)28(38)24(17-20-11-8-12-20)33-26(37)19-36(18-21-9-4-5-10-21)30(40)27(22-13-2-1-3-14-22)35-31-34-23-15-6-7-16-25(23)41-31/h6-7,15-16,20-22,24,27H,1-5,8-14,17-19H2,(H2,32,39)(H,33,37)(H,34,35)/t24?,27-/m0/s1. The van der Waals surface area contributed by atoms with E-state index in [1.54, 1.807) is 4.90 Å². The van der Waals surface area contributed by atoms with Crippen molar-refractivity contribution in [1.29, 1.82) is 0 Å². The summed E-state index contributed by atoms with van der Waals surface area (Å²) in [7, 11) is 0. The van der Waals surface area contributed by atoms with E-state index in [0.29, 0.717) is 36.0 Å². The van der Waals surface area contributed by atoms with Crippen molar-refractivity contribution in [2.75, 3.05) is 18.4 Å². The summed E-state index contributed by atoms with van der Waals surface area (Å²) in [5.74, 6) is -1.73. The zero-order chi connectivity index (χ0) is 28.8. The third kappa shape index (κ3) is 7.45. The van der Waals surface area contributed by atoms with Crippen molar-refractivity contribution in [2.45, 2.75) is 95.6 Å². The number of fused-ring (bicyclic) bond motifs is 1. The van der Waals surface area contributed by atoms with Gasteiger partial charge in [0.05, 0.1) is 12.6 Å². The van der Waals surface area contributed by atoms with Gasteiger partial charge >= 0.3 is 0 Å². The fourth-order valence-electron chi connectivity index (χ4n) is 6.73. The Morgan fingerprint density at radius 2 is 1.61 bits per heavy atom. The number of carbonyl (C=O) groups is 4. The molecule has 0 bridgehead atoms. The smallest absolute Gasteiger partial charge is 0.296 e. The van der Waals surface area contributed by atoms with Crippen LogP contribution in [0, 0.1) is 17.8 Å². The van der Waals surface area contributed by atoms with Gasteiger partial charge in [-0.3, -0.25) is 19.2 Å². The summed E-state index contributed by atoms with van der Waals surface area (Å²) in [6, 6.07) is 6.23. The highest BCUT2D eigenvalue weighted by Gasteiger charge is 2.37. The maximum Gasteiger partial charge on any atom is 0.296 e. The minimum absolute atomic E-state index is 0.0863. The molecule has 0 saturated heterocycles. The number of para-hydroxylation sites is 2. The lowest BCUT2D eigenvalue weighted by molar-refractivity contribution is -0.141. The number of Topliss-reactive ketones (excluding diaryl/α,β-unsaturated/α-hetero) is 1. The number of primary amides is 1. The predicted molar refractivity (Wildman–Crippen MR) is 155 cm³/mol. The van der Waals surface area contributed by atoms with Crippen LogP contribution in [0.4, 0.5) is 6.01 Å². The first-order valence-electron chi connectivity index (χ1n) is 15.4. The zero-order valence-corrected chi connectivity index (χ0v) is 23.8. The topological polar surface area (TPSA) is 148 Å². The van der Waals surface area contributed by atoms with Gasteiger partial charge in [0.2, 0.25) is 17.6 Å². The normalized spacial score (nSPS) is 19.8. The predicted octanol–water partition coefficient (Wildman–Crippen LogP) is 3.94. The number of rotatable bonds is 13. The lowest BCUT2D eigenvalue weighted by atomic mass is 9.80. The molecule has 1 aromatic carbocycles. The molecular weight excluding hydrogens is 522 g/mol. The molecule has 0 aliphatic heterocycles. The second-order valence-corrected chi connectivity index (χ2v) is 12.3. The molecule has 1 unspecified atom stereocenters. The van der Waals surface area contributed by atoms with Gasteiger partial charge in [-0.05, 0) is 62.0 Å². The monoisotopic (exact) mass is 565 g/mol. The van der Waals surface area contributed by atoms with Crippen molar-refractivity contribution in [3.8, 4) is 0 Å². The van der Waals surface area contributed by atoms with Crippen LogP contribution in [0.3, 0.4) is 0 Å². The summed E-state index contributed by atoms with van der Waals surface area (Å²) in [6.45, 7) is 0.294. The van der Waals surface area contributed by atoms with Gasteiger partial charge in [-0.25, -0.2) is 0 Å². The molecule has 3 amide bonds. The molecule has 0 radical (unpaired) electrons. The number of hydrogen-bond donors (Lipinski definition) is 3. The molecule has 3 aliphatic carbocycles. The van der Waals surface area contributed by atoms with Crippen LogP contribution >= 0.6 is 0 Å². The van der Waals surface area contributed by atoms with Crippen molar-refractivity contribution in [2.24, 2.45) is 23.5 Å². The second kappa shape index (κ2) is 13.5. The van der Waals surface area contributed by atoms with Crippen molar-refractivity contribution < 1.29 is 23.6 Å². The zero-order valence-electron chi connectivity index (χ0n) is 23.8. The third-order valence-corrected chi connectivity index (χ3v) is 9.25. The van der Waals surface area contributed by atoms with E-state index in [1.165, 1.54) is 0 Å². The molecular formula is C31H43N5O5. The molecule has 222 valence electrons. The van der Waals surface area contributed by atoms with E-state index in [4.69, 9.17) is 10.2 Å². The summed E-state index contributed by atoms with van der Waals surface area (Å²) in [5.41, 5.74) is 6.66. The van der Waals surface area contributed by atoms with Gasteiger partial charge in [-0.1, -0.05) is 63.5 Å². The molecule has 5 rings (SSSR count). The minimum Gasteiger partial charge on any atom is -0.424 e. The summed E-state index contributed by atoms with van der Waals surface area (Å²) >= 11 is 0. The Morgan fingerprint density at radius 1 is 0.927 bits per heavy atom. The number of nitrogens with two attached hydrogens (primary N) is 1. The lowest BCUT2D eigenvalue weighted by Gasteiger charge is -2.35. The first kappa shape index (κ1) is 29.1. The van der Waals surface area contributed by atoms with Crippen LogP contribution in [0.1, 0.15) is 83.5 Å². The molecule has 10 heteroatoms. The Morgan fingerprint density at radius 3 is 2.27 bits per heavy atom. The first-order chi connectivity index (χ1) is 19.9. The van der Waals surface area contributed by atoms with E-state index in [-0.39, 0.29) is 24.3 Å². The van der Waals surface area contributed by atoms with Crippen LogP contribution in [0.15, 0.2) is 28.7 Å². The van der Waals surface area contributed by atoms with Crippen molar-refractivity contribution in [3.63, 3.8) is 0 Å². The van der Waals surface area contributed by atoms with Crippen molar-refractivity contribution >= 4 is 40.6 Å². The molecule has 3 fully saturated rings. The van der Waals surface area contributed by atoms with Crippen molar-refractivity contribution in [1.82, 2.24) is 15.2 Å². The number of carbonyl (C=O) groups excluding carboxylic acids is 4. The minimum atomic E-state index is -1.05. The summed E-state index contributed by atoms with van der Waals surface area (Å²) in [6.07, 6.45) is 12.7. The first-order valence-corrected chi connectivity index (χ1v) is 15.4. The van der Waals surface area contributed by atoms with Crippen molar-refractivity contribution in [3.05, 3.63) is 24.3 Å². The molecule has 2 atom stereocenters. The van der Waals surface area contributed by atoms with Gasteiger partial charge in [0.1, 0.15) is 11.6 Å². The third-order valence-electron chi connectivity index (χ3n) is 9.25. The summed E-state index contributed by atoms with van der Waals surface area (Å²) < 4.78 is 5.93.